The monoisotopic (exact) mass is 294 g/mol. The number of nitriles is 1. The molecule has 0 unspecified atom stereocenters. The number of allylic oxidation sites excluding steroid dienone is 1. The number of fused-ring (bicyclic) bond motifs is 1. The van der Waals surface area contributed by atoms with E-state index in [1.807, 2.05) is 50.2 Å². The molecule has 2 atom stereocenters. The summed E-state index contributed by atoms with van der Waals surface area (Å²) >= 11 is 0. The highest BCUT2D eigenvalue weighted by molar-refractivity contribution is 6.08. The zero-order valence-corrected chi connectivity index (χ0v) is 12.7. The first kappa shape index (κ1) is 14.5. The van der Waals surface area contributed by atoms with Gasteiger partial charge in [-0.1, -0.05) is 44.2 Å². The van der Waals surface area contributed by atoms with E-state index in [0.29, 0.717) is 13.0 Å². The molecule has 1 aromatic rings. The number of amides is 1. The van der Waals surface area contributed by atoms with Gasteiger partial charge in [0.05, 0.1) is 11.0 Å². The van der Waals surface area contributed by atoms with E-state index in [2.05, 4.69) is 5.32 Å². The molecule has 1 heterocycles. The number of hydrogen-bond acceptors (Lipinski definition) is 3. The van der Waals surface area contributed by atoms with Crippen LogP contribution in [0, 0.1) is 22.7 Å². The van der Waals surface area contributed by atoms with E-state index in [4.69, 9.17) is 0 Å². The normalized spacial score (nSPS) is 29.9. The number of Topliss-reactive ketones (excluding diaryl/α,β-unsaturated/α-hetero) is 1. The molecule has 1 N–H and O–H groups in total. The Morgan fingerprint density at radius 2 is 1.91 bits per heavy atom. The van der Waals surface area contributed by atoms with Crippen LogP contribution >= 0.6 is 0 Å². The molecule has 1 saturated heterocycles. The van der Waals surface area contributed by atoms with Gasteiger partial charge in [0.1, 0.15) is 6.07 Å². The Balaban J connectivity index is 2.33. The minimum absolute atomic E-state index is 0.0853. The molecule has 0 radical (unpaired) electrons. The summed E-state index contributed by atoms with van der Waals surface area (Å²) in [6, 6.07) is 11.4. The third-order valence-electron chi connectivity index (χ3n) is 5.09. The molecular weight excluding hydrogens is 276 g/mol. The van der Waals surface area contributed by atoms with Crippen molar-refractivity contribution >= 4 is 11.7 Å². The first-order valence-electron chi connectivity index (χ1n) is 7.46. The van der Waals surface area contributed by atoms with Gasteiger partial charge in [-0.05, 0) is 24.0 Å². The van der Waals surface area contributed by atoms with Crippen molar-refractivity contribution in [2.45, 2.75) is 25.7 Å². The van der Waals surface area contributed by atoms with Crippen LogP contribution in [0.3, 0.4) is 0 Å². The predicted octanol–water partition coefficient (Wildman–Crippen LogP) is 2.12. The number of nitrogens with zero attached hydrogens (tertiary/aromatic N) is 1. The summed E-state index contributed by atoms with van der Waals surface area (Å²) in [5.41, 5.74) is -0.761. The van der Waals surface area contributed by atoms with Crippen LogP contribution in [0.15, 0.2) is 42.0 Å². The molecule has 4 heteroatoms. The first-order valence-corrected chi connectivity index (χ1v) is 7.46. The topological polar surface area (TPSA) is 70.0 Å². The number of carbonyl (C=O) groups excluding carboxylic acids is 2. The lowest BCUT2D eigenvalue weighted by Crippen LogP contribution is -2.61. The molecule has 3 rings (SSSR count). The van der Waals surface area contributed by atoms with Crippen LogP contribution in [-0.4, -0.2) is 18.2 Å². The Labute approximate surface area is 129 Å². The quantitative estimate of drug-likeness (QED) is 0.862. The van der Waals surface area contributed by atoms with Crippen molar-refractivity contribution in [3.05, 3.63) is 47.5 Å². The van der Waals surface area contributed by atoms with Crippen LogP contribution in [0.25, 0.3) is 0 Å². The minimum atomic E-state index is -0.942. The predicted molar refractivity (Wildman–Crippen MR) is 81.7 cm³/mol. The van der Waals surface area contributed by atoms with Gasteiger partial charge in [-0.3, -0.25) is 9.59 Å². The van der Waals surface area contributed by atoms with E-state index < -0.39 is 10.8 Å². The van der Waals surface area contributed by atoms with Gasteiger partial charge in [0, 0.05) is 12.0 Å². The highest BCUT2D eigenvalue weighted by Crippen LogP contribution is 2.52. The molecule has 1 fully saturated rings. The molecule has 112 valence electrons. The van der Waals surface area contributed by atoms with Crippen LogP contribution in [0.2, 0.25) is 0 Å². The number of nitrogens with one attached hydrogen (secondary N) is 1. The number of ketones is 1. The molecule has 1 aromatic carbocycles. The van der Waals surface area contributed by atoms with Crippen molar-refractivity contribution < 1.29 is 9.59 Å². The van der Waals surface area contributed by atoms with E-state index in [1.165, 1.54) is 0 Å². The average Bonchev–Trinajstić information content (AvgIpc) is 2.53. The largest absolute Gasteiger partial charge is 0.355 e. The van der Waals surface area contributed by atoms with Gasteiger partial charge in [0.2, 0.25) is 5.91 Å². The van der Waals surface area contributed by atoms with Crippen LogP contribution < -0.4 is 5.32 Å². The summed E-state index contributed by atoms with van der Waals surface area (Å²) in [5.74, 6) is -0.440. The molecular formula is C18H18N2O2. The van der Waals surface area contributed by atoms with Gasteiger partial charge >= 0.3 is 0 Å². The SMILES string of the molecule is CC1(C)C(=O)C(C#N)=C[C@]2(c3ccccc3)C(=O)NCC[C@@H]12. The molecule has 4 nitrogen and oxygen atoms in total. The number of hydrogen-bond donors (Lipinski definition) is 1. The van der Waals surface area contributed by atoms with Crippen molar-refractivity contribution in [2.75, 3.05) is 6.54 Å². The number of benzene rings is 1. The van der Waals surface area contributed by atoms with Crippen LogP contribution in [0.4, 0.5) is 0 Å². The lowest BCUT2D eigenvalue weighted by Gasteiger charge is -2.50. The summed E-state index contributed by atoms with van der Waals surface area (Å²) in [6.45, 7) is 4.26. The Hall–Kier alpha value is -2.41. The highest BCUT2D eigenvalue weighted by atomic mass is 16.2. The lowest BCUT2D eigenvalue weighted by molar-refractivity contribution is -0.138. The fraction of sp³-hybridized carbons (Fsp3) is 0.389. The van der Waals surface area contributed by atoms with Crippen molar-refractivity contribution in [3.63, 3.8) is 0 Å². The van der Waals surface area contributed by atoms with Crippen molar-refractivity contribution in [3.8, 4) is 6.07 Å². The Morgan fingerprint density at radius 3 is 2.55 bits per heavy atom. The maximum absolute atomic E-state index is 12.8. The zero-order chi connectivity index (χ0) is 16.0. The van der Waals surface area contributed by atoms with Crippen molar-refractivity contribution in [1.82, 2.24) is 5.32 Å². The summed E-state index contributed by atoms with van der Waals surface area (Å²) < 4.78 is 0. The van der Waals surface area contributed by atoms with Gasteiger partial charge in [0.25, 0.3) is 0 Å². The molecule has 0 bridgehead atoms. The van der Waals surface area contributed by atoms with E-state index in [0.717, 1.165) is 5.56 Å². The van der Waals surface area contributed by atoms with Gasteiger partial charge in [0.15, 0.2) is 5.78 Å². The lowest BCUT2D eigenvalue weighted by atomic mass is 9.52. The molecule has 0 saturated carbocycles. The second-order valence-electron chi connectivity index (χ2n) is 6.55. The van der Waals surface area contributed by atoms with E-state index in [-0.39, 0.29) is 23.2 Å². The fourth-order valence-electron chi connectivity index (χ4n) is 3.97. The molecule has 22 heavy (non-hydrogen) atoms. The van der Waals surface area contributed by atoms with Crippen LogP contribution in [0.1, 0.15) is 25.8 Å². The highest BCUT2D eigenvalue weighted by Gasteiger charge is 2.59. The Bertz CT molecular complexity index is 712. The minimum Gasteiger partial charge on any atom is -0.355 e. The summed E-state index contributed by atoms with van der Waals surface area (Å²) in [7, 11) is 0. The van der Waals surface area contributed by atoms with Crippen LogP contribution in [-0.2, 0) is 15.0 Å². The second-order valence-corrected chi connectivity index (χ2v) is 6.55. The first-order chi connectivity index (χ1) is 10.4. The summed E-state index contributed by atoms with van der Waals surface area (Å²) in [5, 5.41) is 12.3. The number of piperidine rings is 1. The Morgan fingerprint density at radius 1 is 1.23 bits per heavy atom. The molecule has 2 aliphatic rings. The van der Waals surface area contributed by atoms with Gasteiger partial charge in [-0.25, -0.2) is 0 Å². The summed E-state index contributed by atoms with van der Waals surface area (Å²) in [4.78, 5) is 25.4. The van der Waals surface area contributed by atoms with Crippen molar-refractivity contribution in [2.24, 2.45) is 11.3 Å². The van der Waals surface area contributed by atoms with Gasteiger partial charge in [-0.15, -0.1) is 0 Å². The summed E-state index contributed by atoms with van der Waals surface area (Å²) in [6.07, 6.45) is 2.31. The second kappa shape index (κ2) is 4.81. The number of rotatable bonds is 1. The third kappa shape index (κ3) is 1.75. The fourth-order valence-corrected chi connectivity index (χ4v) is 3.97. The molecule has 0 spiro atoms. The number of carbonyl (C=O) groups is 2. The maximum Gasteiger partial charge on any atom is 0.234 e. The molecule has 1 aliphatic carbocycles. The van der Waals surface area contributed by atoms with Crippen LogP contribution in [0.5, 0.6) is 0 Å². The zero-order valence-electron chi connectivity index (χ0n) is 12.7. The average molecular weight is 294 g/mol. The third-order valence-corrected chi connectivity index (χ3v) is 5.09. The standard InChI is InChI=1S/C18H18N2O2/c1-17(2)14-8-9-20-16(22)18(14,10-12(11-19)15(17)21)13-6-4-3-5-7-13/h3-7,10,14H,8-9H2,1-2H3,(H,20,22)/t14-,18+/m0/s1. The van der Waals surface area contributed by atoms with Gasteiger partial charge in [-0.2, -0.15) is 5.26 Å². The molecule has 1 amide bonds. The molecule has 1 aliphatic heterocycles. The van der Waals surface area contributed by atoms with E-state index >= 15 is 0 Å². The van der Waals surface area contributed by atoms with E-state index in [1.54, 1.807) is 6.08 Å². The Kier molecular flexibility index (Phi) is 3.17. The van der Waals surface area contributed by atoms with Crippen molar-refractivity contribution in [1.29, 1.82) is 5.26 Å². The molecule has 0 aromatic heterocycles. The van der Waals surface area contributed by atoms with E-state index in [9.17, 15) is 14.9 Å². The van der Waals surface area contributed by atoms with Gasteiger partial charge < -0.3 is 5.32 Å². The maximum atomic E-state index is 12.8. The smallest absolute Gasteiger partial charge is 0.234 e.